The van der Waals surface area contributed by atoms with E-state index in [0.717, 1.165) is 27.8 Å². The van der Waals surface area contributed by atoms with Gasteiger partial charge in [-0.15, -0.1) is 0 Å². The lowest BCUT2D eigenvalue weighted by Gasteiger charge is -2.14. The van der Waals surface area contributed by atoms with Gasteiger partial charge in [0.05, 0.1) is 11.3 Å². The first-order valence-corrected chi connectivity index (χ1v) is 7.13. The number of carbonyl (C=O) groups is 1. The summed E-state index contributed by atoms with van der Waals surface area (Å²) in [4.78, 5) is 11.3. The molecule has 0 saturated carbocycles. The summed E-state index contributed by atoms with van der Waals surface area (Å²) in [6, 6.07) is 7.49. The first kappa shape index (κ1) is 15.9. The van der Waals surface area contributed by atoms with Gasteiger partial charge in [-0.05, 0) is 67.6 Å². The molecule has 22 heavy (non-hydrogen) atoms. The Morgan fingerprint density at radius 2 is 1.73 bits per heavy atom. The number of ether oxygens (including phenoxy) is 1. The van der Waals surface area contributed by atoms with Gasteiger partial charge in [0.25, 0.3) is 0 Å². The highest BCUT2D eigenvalue weighted by molar-refractivity contribution is 5.91. The average molecular weight is 299 g/mol. The van der Waals surface area contributed by atoms with Crippen molar-refractivity contribution < 1.29 is 14.6 Å². The molecule has 0 radical (unpaired) electrons. The zero-order chi connectivity index (χ0) is 16.4. The van der Waals surface area contributed by atoms with Gasteiger partial charge in [-0.2, -0.15) is 0 Å². The van der Waals surface area contributed by atoms with E-state index in [4.69, 9.17) is 10.5 Å². The van der Waals surface area contributed by atoms with Gasteiger partial charge in [-0.3, -0.25) is 0 Å². The molecule has 0 spiro atoms. The van der Waals surface area contributed by atoms with Gasteiger partial charge in [0.15, 0.2) is 0 Å². The Bertz CT molecular complexity index is 736. The van der Waals surface area contributed by atoms with E-state index in [-0.39, 0.29) is 0 Å². The lowest BCUT2D eigenvalue weighted by Crippen LogP contribution is -2.08. The van der Waals surface area contributed by atoms with E-state index >= 15 is 0 Å². The Kier molecular flexibility index (Phi) is 4.40. The van der Waals surface area contributed by atoms with E-state index in [1.807, 2.05) is 32.0 Å². The number of hydrogen-bond donors (Lipinski definition) is 2. The van der Waals surface area contributed by atoms with Crippen LogP contribution in [0.25, 0.3) is 0 Å². The zero-order valence-corrected chi connectivity index (χ0v) is 13.4. The number of anilines is 1. The summed E-state index contributed by atoms with van der Waals surface area (Å²) in [7, 11) is 0. The normalized spacial score (nSPS) is 10.5. The maximum absolute atomic E-state index is 11.3. The number of aryl methyl sites for hydroxylation is 3. The minimum absolute atomic E-state index is 0.291. The summed E-state index contributed by atoms with van der Waals surface area (Å²) in [5, 5.41) is 9.31. The fourth-order valence-corrected chi connectivity index (χ4v) is 2.47. The fraction of sp³-hybridized carbons (Fsp3) is 0.278. The predicted octanol–water partition coefficient (Wildman–Crippen LogP) is 3.78. The lowest BCUT2D eigenvalue weighted by molar-refractivity contribution is 0.0695. The summed E-state index contributed by atoms with van der Waals surface area (Å²) in [6.07, 6.45) is 0. The summed E-state index contributed by atoms with van der Waals surface area (Å²) in [5.41, 5.74) is 11.5. The number of carboxylic acids is 1. The molecule has 0 aliphatic heterocycles. The van der Waals surface area contributed by atoms with Crippen molar-refractivity contribution in [1.82, 2.24) is 0 Å². The number of nitrogens with two attached hydrogens (primary N) is 1. The minimum Gasteiger partial charge on any atom is -0.487 e. The van der Waals surface area contributed by atoms with Gasteiger partial charge in [-0.25, -0.2) is 4.79 Å². The molecule has 4 nitrogen and oxygen atoms in total. The second-order valence-corrected chi connectivity index (χ2v) is 5.61. The molecule has 2 aromatic rings. The van der Waals surface area contributed by atoms with E-state index in [2.05, 4.69) is 0 Å². The van der Waals surface area contributed by atoms with Crippen LogP contribution in [0.2, 0.25) is 0 Å². The molecule has 4 heteroatoms. The highest BCUT2D eigenvalue weighted by atomic mass is 16.5. The Hall–Kier alpha value is -2.49. The molecule has 0 aliphatic rings. The van der Waals surface area contributed by atoms with Crippen LogP contribution < -0.4 is 10.5 Å². The number of rotatable bonds is 4. The molecular formula is C18H21NO3. The topological polar surface area (TPSA) is 72.5 Å². The molecule has 0 saturated heterocycles. The average Bonchev–Trinajstić information content (AvgIpc) is 2.42. The summed E-state index contributed by atoms with van der Waals surface area (Å²) >= 11 is 0. The smallest absolute Gasteiger partial charge is 0.336 e. The Labute approximate surface area is 130 Å². The van der Waals surface area contributed by atoms with Crippen molar-refractivity contribution in [3.05, 3.63) is 57.6 Å². The number of aromatic carboxylic acids is 1. The summed E-state index contributed by atoms with van der Waals surface area (Å²) in [6.45, 7) is 7.89. The molecule has 0 heterocycles. The van der Waals surface area contributed by atoms with Crippen LogP contribution in [-0.2, 0) is 6.61 Å². The SMILES string of the molecule is Cc1cc(N)c(OCc2ccc(C)c(C(=O)O)c2C)cc1C. The Morgan fingerprint density at radius 3 is 2.36 bits per heavy atom. The molecule has 0 bridgehead atoms. The highest BCUT2D eigenvalue weighted by Crippen LogP contribution is 2.27. The van der Waals surface area contributed by atoms with Gasteiger partial charge in [0.2, 0.25) is 0 Å². The van der Waals surface area contributed by atoms with E-state index in [1.54, 1.807) is 19.9 Å². The number of nitrogen functional groups attached to an aromatic ring is 1. The number of benzene rings is 2. The third kappa shape index (κ3) is 3.06. The molecule has 0 amide bonds. The van der Waals surface area contributed by atoms with Gasteiger partial charge >= 0.3 is 5.97 Å². The van der Waals surface area contributed by atoms with Crippen LogP contribution in [0.15, 0.2) is 24.3 Å². The lowest BCUT2D eigenvalue weighted by atomic mass is 9.98. The van der Waals surface area contributed by atoms with E-state index in [0.29, 0.717) is 23.6 Å². The van der Waals surface area contributed by atoms with Crippen molar-refractivity contribution in [3.8, 4) is 5.75 Å². The largest absolute Gasteiger partial charge is 0.487 e. The van der Waals surface area contributed by atoms with Crippen molar-refractivity contribution in [1.29, 1.82) is 0 Å². The molecule has 2 rings (SSSR count). The second kappa shape index (κ2) is 6.10. The molecule has 0 aromatic heterocycles. The quantitative estimate of drug-likeness (QED) is 0.843. The van der Waals surface area contributed by atoms with E-state index < -0.39 is 5.97 Å². The molecule has 116 valence electrons. The third-order valence-corrected chi connectivity index (χ3v) is 4.01. The van der Waals surface area contributed by atoms with Crippen LogP contribution in [0, 0.1) is 27.7 Å². The molecular weight excluding hydrogens is 278 g/mol. The van der Waals surface area contributed by atoms with Crippen molar-refractivity contribution in [2.45, 2.75) is 34.3 Å². The summed E-state index contributed by atoms with van der Waals surface area (Å²) < 4.78 is 5.80. The van der Waals surface area contributed by atoms with Crippen LogP contribution in [0.3, 0.4) is 0 Å². The Morgan fingerprint density at radius 1 is 1.09 bits per heavy atom. The summed E-state index contributed by atoms with van der Waals surface area (Å²) in [5.74, 6) is -0.289. The number of carboxylic acid groups (broad SMARTS) is 1. The highest BCUT2D eigenvalue weighted by Gasteiger charge is 2.14. The molecule has 0 unspecified atom stereocenters. The minimum atomic E-state index is -0.914. The van der Waals surface area contributed by atoms with Crippen LogP contribution >= 0.6 is 0 Å². The molecule has 2 aromatic carbocycles. The number of hydrogen-bond acceptors (Lipinski definition) is 3. The van der Waals surface area contributed by atoms with Crippen molar-refractivity contribution in [2.75, 3.05) is 5.73 Å². The molecule has 3 N–H and O–H groups in total. The molecule has 0 aliphatic carbocycles. The second-order valence-electron chi connectivity index (χ2n) is 5.61. The van der Waals surface area contributed by atoms with Crippen LogP contribution in [0.4, 0.5) is 5.69 Å². The standard InChI is InChI=1S/C18H21NO3/c1-10-5-6-14(13(4)17(10)18(20)21)9-22-16-8-12(3)11(2)7-15(16)19/h5-8H,9,19H2,1-4H3,(H,20,21). The fourth-order valence-electron chi connectivity index (χ4n) is 2.47. The van der Waals surface area contributed by atoms with Crippen LogP contribution in [0.1, 0.15) is 38.2 Å². The predicted molar refractivity (Wildman–Crippen MR) is 87.5 cm³/mol. The van der Waals surface area contributed by atoms with E-state index in [1.165, 1.54) is 0 Å². The third-order valence-electron chi connectivity index (χ3n) is 4.01. The van der Waals surface area contributed by atoms with Gasteiger partial charge in [0, 0.05) is 0 Å². The monoisotopic (exact) mass is 299 g/mol. The van der Waals surface area contributed by atoms with Crippen molar-refractivity contribution in [3.63, 3.8) is 0 Å². The maximum atomic E-state index is 11.3. The Balaban J connectivity index is 2.28. The van der Waals surface area contributed by atoms with Gasteiger partial charge < -0.3 is 15.6 Å². The van der Waals surface area contributed by atoms with Crippen molar-refractivity contribution >= 4 is 11.7 Å². The first-order valence-electron chi connectivity index (χ1n) is 7.13. The first-order chi connectivity index (χ1) is 10.3. The molecule has 0 atom stereocenters. The van der Waals surface area contributed by atoms with Crippen LogP contribution in [-0.4, -0.2) is 11.1 Å². The van der Waals surface area contributed by atoms with Crippen molar-refractivity contribution in [2.24, 2.45) is 0 Å². The van der Waals surface area contributed by atoms with Gasteiger partial charge in [0.1, 0.15) is 12.4 Å². The zero-order valence-electron chi connectivity index (χ0n) is 13.4. The van der Waals surface area contributed by atoms with E-state index in [9.17, 15) is 9.90 Å². The van der Waals surface area contributed by atoms with Crippen LogP contribution in [0.5, 0.6) is 5.75 Å². The molecule has 0 fully saturated rings. The maximum Gasteiger partial charge on any atom is 0.336 e. The van der Waals surface area contributed by atoms with Gasteiger partial charge in [-0.1, -0.05) is 12.1 Å².